The summed E-state index contributed by atoms with van der Waals surface area (Å²) in [5, 5.41) is 11.5. The number of carbonyl (C=O) groups excluding carboxylic acids is 1. The van der Waals surface area contributed by atoms with Crippen molar-refractivity contribution in [2.75, 3.05) is 13.2 Å². The Morgan fingerprint density at radius 2 is 2.16 bits per heavy atom. The molecule has 0 fully saturated rings. The molecule has 1 rings (SSSR count). The molecular formula is C13H16ClNO4. The van der Waals surface area contributed by atoms with Crippen LogP contribution < -0.4 is 10.1 Å². The molecule has 1 amide bonds. The van der Waals surface area contributed by atoms with E-state index in [9.17, 15) is 9.59 Å². The minimum atomic E-state index is -0.946. The number of benzene rings is 1. The van der Waals surface area contributed by atoms with Crippen molar-refractivity contribution >= 4 is 23.5 Å². The average molecular weight is 286 g/mol. The molecule has 0 saturated heterocycles. The third-order valence-corrected chi connectivity index (χ3v) is 2.65. The van der Waals surface area contributed by atoms with Gasteiger partial charge in [-0.25, -0.2) is 0 Å². The molecule has 0 atom stereocenters. The molecule has 1 aromatic rings. The molecule has 0 bridgehead atoms. The van der Waals surface area contributed by atoms with Crippen LogP contribution >= 0.6 is 11.6 Å². The number of carboxylic acid groups (broad SMARTS) is 1. The molecule has 0 aliphatic heterocycles. The third-order valence-electron chi connectivity index (χ3n) is 2.35. The van der Waals surface area contributed by atoms with Crippen molar-refractivity contribution in [3.8, 4) is 5.75 Å². The second-order valence-electron chi connectivity index (χ2n) is 3.83. The van der Waals surface area contributed by atoms with Crippen molar-refractivity contribution in [3.63, 3.8) is 0 Å². The maximum absolute atomic E-state index is 11.7. The van der Waals surface area contributed by atoms with E-state index in [1.807, 2.05) is 6.92 Å². The normalized spacial score (nSPS) is 10.0. The van der Waals surface area contributed by atoms with Gasteiger partial charge < -0.3 is 15.2 Å². The number of hydrogen-bond donors (Lipinski definition) is 2. The zero-order valence-corrected chi connectivity index (χ0v) is 11.4. The Bertz CT molecular complexity index is 462. The molecule has 5 nitrogen and oxygen atoms in total. The summed E-state index contributed by atoms with van der Waals surface area (Å²) in [7, 11) is 0. The van der Waals surface area contributed by atoms with Gasteiger partial charge in [-0.05, 0) is 13.0 Å². The molecule has 0 heterocycles. The van der Waals surface area contributed by atoms with E-state index in [0.29, 0.717) is 22.9 Å². The summed E-state index contributed by atoms with van der Waals surface area (Å²) in [6.45, 7) is 2.40. The number of carbonyl (C=O) groups is 2. The van der Waals surface area contributed by atoms with Gasteiger partial charge in [0.1, 0.15) is 5.75 Å². The molecule has 0 spiro atoms. The van der Waals surface area contributed by atoms with E-state index in [-0.39, 0.29) is 25.3 Å². The number of amides is 1. The topological polar surface area (TPSA) is 75.6 Å². The number of carboxylic acids is 1. The van der Waals surface area contributed by atoms with E-state index >= 15 is 0 Å². The number of para-hydroxylation sites is 1. The lowest BCUT2D eigenvalue weighted by atomic mass is 10.1. The lowest BCUT2D eigenvalue weighted by Gasteiger charge is -2.11. The highest BCUT2D eigenvalue weighted by molar-refractivity contribution is 6.32. The van der Waals surface area contributed by atoms with E-state index in [1.54, 1.807) is 18.2 Å². The van der Waals surface area contributed by atoms with Gasteiger partial charge >= 0.3 is 5.97 Å². The van der Waals surface area contributed by atoms with E-state index in [0.717, 1.165) is 0 Å². The van der Waals surface area contributed by atoms with E-state index in [2.05, 4.69) is 5.32 Å². The molecular weight excluding hydrogens is 270 g/mol. The fraction of sp³-hybridized carbons (Fsp3) is 0.385. The number of nitrogens with one attached hydrogen (secondary N) is 1. The zero-order valence-electron chi connectivity index (χ0n) is 10.6. The first kappa shape index (κ1) is 15.3. The van der Waals surface area contributed by atoms with Gasteiger partial charge in [-0.15, -0.1) is 0 Å². The predicted octanol–water partition coefficient (Wildman–Crippen LogP) is 1.87. The number of ether oxygens (including phenoxy) is 1. The summed E-state index contributed by atoms with van der Waals surface area (Å²) in [5.74, 6) is -0.706. The Labute approximate surface area is 116 Å². The highest BCUT2D eigenvalue weighted by atomic mass is 35.5. The summed E-state index contributed by atoms with van der Waals surface area (Å²) in [4.78, 5) is 22.0. The molecule has 6 heteroatoms. The zero-order chi connectivity index (χ0) is 14.3. The minimum absolute atomic E-state index is 0.0976. The first-order valence-corrected chi connectivity index (χ1v) is 6.31. The summed E-state index contributed by atoms with van der Waals surface area (Å²) in [6, 6.07) is 5.19. The molecule has 0 radical (unpaired) electrons. The maximum Gasteiger partial charge on any atom is 0.305 e. The van der Waals surface area contributed by atoms with E-state index in [1.165, 1.54) is 0 Å². The minimum Gasteiger partial charge on any atom is -0.492 e. The first-order valence-electron chi connectivity index (χ1n) is 5.93. The largest absolute Gasteiger partial charge is 0.492 e. The van der Waals surface area contributed by atoms with Crippen molar-refractivity contribution in [3.05, 3.63) is 28.8 Å². The fourth-order valence-corrected chi connectivity index (χ4v) is 1.79. The van der Waals surface area contributed by atoms with Gasteiger partial charge in [-0.1, -0.05) is 23.7 Å². The van der Waals surface area contributed by atoms with Crippen LogP contribution in [-0.4, -0.2) is 30.1 Å². The lowest BCUT2D eigenvalue weighted by molar-refractivity contribution is -0.136. The number of hydrogen-bond acceptors (Lipinski definition) is 3. The number of rotatable bonds is 7. The summed E-state index contributed by atoms with van der Waals surface area (Å²) in [6.07, 6.45) is 0.00904. The van der Waals surface area contributed by atoms with Crippen LogP contribution in [0.4, 0.5) is 0 Å². The highest BCUT2D eigenvalue weighted by Gasteiger charge is 2.12. The fourth-order valence-electron chi connectivity index (χ4n) is 1.54. The first-order chi connectivity index (χ1) is 9.04. The summed E-state index contributed by atoms with van der Waals surface area (Å²) in [5.41, 5.74) is 0.683. The van der Waals surface area contributed by atoms with Gasteiger partial charge in [-0.3, -0.25) is 9.59 Å². The van der Waals surface area contributed by atoms with Crippen LogP contribution in [0.25, 0.3) is 0 Å². The molecule has 0 aliphatic carbocycles. The van der Waals surface area contributed by atoms with Gasteiger partial charge in [0, 0.05) is 12.1 Å². The Kier molecular flexibility index (Phi) is 6.15. The van der Waals surface area contributed by atoms with Crippen molar-refractivity contribution in [1.82, 2.24) is 5.32 Å². The van der Waals surface area contributed by atoms with Crippen LogP contribution in [0, 0.1) is 0 Å². The summed E-state index contributed by atoms with van der Waals surface area (Å²) >= 11 is 6.00. The van der Waals surface area contributed by atoms with Gasteiger partial charge in [0.2, 0.25) is 5.91 Å². The van der Waals surface area contributed by atoms with Crippen molar-refractivity contribution < 1.29 is 19.4 Å². The van der Waals surface area contributed by atoms with Crippen LogP contribution in [0.5, 0.6) is 5.75 Å². The van der Waals surface area contributed by atoms with Crippen LogP contribution in [0.15, 0.2) is 18.2 Å². The van der Waals surface area contributed by atoms with Crippen LogP contribution in [0.1, 0.15) is 18.9 Å². The molecule has 0 unspecified atom stereocenters. The highest BCUT2D eigenvalue weighted by Crippen LogP contribution is 2.28. The molecule has 2 N–H and O–H groups in total. The molecule has 0 saturated carbocycles. The van der Waals surface area contributed by atoms with Crippen LogP contribution in [0.3, 0.4) is 0 Å². The number of halogens is 1. The molecule has 0 aliphatic rings. The molecule has 1 aromatic carbocycles. The Hall–Kier alpha value is -1.75. The maximum atomic E-state index is 11.7. The predicted molar refractivity (Wildman–Crippen MR) is 71.6 cm³/mol. The quantitative estimate of drug-likeness (QED) is 0.802. The molecule has 0 aromatic heterocycles. The standard InChI is InChI=1S/C13H16ClNO4/c1-2-19-13-9(4-3-5-10(13)14)8-11(16)15-7-6-12(17)18/h3-5H,2,6-8H2,1H3,(H,15,16)(H,17,18). The van der Waals surface area contributed by atoms with Crippen molar-refractivity contribution in [2.45, 2.75) is 19.8 Å². The van der Waals surface area contributed by atoms with E-state index < -0.39 is 5.97 Å². The molecule has 104 valence electrons. The Morgan fingerprint density at radius 3 is 2.79 bits per heavy atom. The smallest absolute Gasteiger partial charge is 0.305 e. The third kappa shape index (κ3) is 5.18. The second-order valence-corrected chi connectivity index (χ2v) is 4.24. The lowest BCUT2D eigenvalue weighted by Crippen LogP contribution is -2.27. The Morgan fingerprint density at radius 1 is 1.42 bits per heavy atom. The van der Waals surface area contributed by atoms with E-state index in [4.69, 9.17) is 21.4 Å². The number of aliphatic carboxylic acids is 1. The van der Waals surface area contributed by atoms with Gasteiger partial charge in [0.05, 0.1) is 24.5 Å². The summed E-state index contributed by atoms with van der Waals surface area (Å²) < 4.78 is 5.41. The molecule has 19 heavy (non-hydrogen) atoms. The van der Waals surface area contributed by atoms with Gasteiger partial charge in [0.25, 0.3) is 0 Å². The monoisotopic (exact) mass is 285 g/mol. The SMILES string of the molecule is CCOc1c(Cl)cccc1CC(=O)NCCC(=O)O. The van der Waals surface area contributed by atoms with Gasteiger partial charge in [0.15, 0.2) is 0 Å². The average Bonchev–Trinajstić information content (AvgIpc) is 2.33. The van der Waals surface area contributed by atoms with Gasteiger partial charge in [-0.2, -0.15) is 0 Å². The van der Waals surface area contributed by atoms with Crippen LogP contribution in [0.2, 0.25) is 5.02 Å². The Balaban J connectivity index is 2.63. The second kappa shape index (κ2) is 7.63. The van der Waals surface area contributed by atoms with Crippen LogP contribution in [-0.2, 0) is 16.0 Å². The van der Waals surface area contributed by atoms with Crippen molar-refractivity contribution in [1.29, 1.82) is 0 Å². The van der Waals surface area contributed by atoms with Crippen molar-refractivity contribution in [2.24, 2.45) is 0 Å².